The largest absolute Gasteiger partial charge is 0.371 e. The Morgan fingerprint density at radius 1 is 1.07 bits per heavy atom. The number of benzene rings is 2. The fourth-order valence-corrected chi connectivity index (χ4v) is 5.76. The van der Waals surface area contributed by atoms with Crippen LogP contribution < -0.4 is 14.5 Å². The fourth-order valence-electron chi connectivity index (χ4n) is 4.50. The molecule has 0 bridgehead atoms. The highest BCUT2D eigenvalue weighted by atomic mass is 32.2. The van der Waals surface area contributed by atoms with Gasteiger partial charge in [-0.1, -0.05) is 0 Å². The van der Waals surface area contributed by atoms with Crippen molar-refractivity contribution < 1.29 is 13.2 Å². The lowest BCUT2D eigenvalue weighted by molar-refractivity contribution is 0.102. The van der Waals surface area contributed by atoms with Gasteiger partial charge in [0.25, 0.3) is 5.91 Å². The Balaban J connectivity index is 1.53. The predicted octanol–water partition coefficient (Wildman–Crippen LogP) is 3.56. The molecule has 2 aliphatic heterocycles. The van der Waals surface area contributed by atoms with Gasteiger partial charge in [0.05, 0.1) is 11.9 Å². The molecule has 4 rings (SSSR count). The summed E-state index contributed by atoms with van der Waals surface area (Å²) in [5, 5.41) is 2.97. The third-order valence-corrected chi connectivity index (χ3v) is 7.02. The Morgan fingerprint density at radius 2 is 1.76 bits per heavy atom. The molecule has 0 aromatic heterocycles. The summed E-state index contributed by atoms with van der Waals surface area (Å²) >= 11 is 0. The van der Waals surface area contributed by atoms with E-state index in [1.165, 1.54) is 29.1 Å². The van der Waals surface area contributed by atoms with Crippen molar-refractivity contribution in [1.29, 1.82) is 0 Å². The summed E-state index contributed by atoms with van der Waals surface area (Å²) in [4.78, 5) is 15.2. The van der Waals surface area contributed by atoms with Gasteiger partial charge in [-0.3, -0.25) is 9.10 Å². The summed E-state index contributed by atoms with van der Waals surface area (Å²) < 4.78 is 25.6. The number of sulfonamides is 1. The minimum atomic E-state index is -3.33. The van der Waals surface area contributed by atoms with E-state index >= 15 is 0 Å². The summed E-state index contributed by atoms with van der Waals surface area (Å²) in [7, 11) is -3.33. The highest BCUT2D eigenvalue weighted by Crippen LogP contribution is 2.35. The molecule has 0 aliphatic carbocycles. The van der Waals surface area contributed by atoms with Gasteiger partial charge in [-0.25, -0.2) is 8.42 Å². The first-order valence-electron chi connectivity index (χ1n) is 10.0. The zero-order chi connectivity index (χ0) is 20.8. The van der Waals surface area contributed by atoms with Crippen molar-refractivity contribution in [3.8, 4) is 0 Å². The Hall–Kier alpha value is -2.54. The van der Waals surface area contributed by atoms with E-state index in [4.69, 9.17) is 0 Å². The number of rotatable bonds is 4. The Morgan fingerprint density at radius 3 is 2.41 bits per heavy atom. The standard InChI is InChI=1S/C22H27N3O3S/c1-15-12-19(7-9-20(15)24-10-4-5-11-24)23-22(26)17-6-8-21-18(14-17)13-16(2)25(21)29(3,27)28/h6-9,12,14,16H,4-5,10-11,13H2,1-3H3,(H,23,26). The number of aryl methyl sites for hydroxylation is 1. The first-order chi connectivity index (χ1) is 13.7. The minimum absolute atomic E-state index is 0.140. The molecular weight excluding hydrogens is 386 g/mol. The van der Waals surface area contributed by atoms with Crippen molar-refractivity contribution in [2.45, 2.75) is 39.2 Å². The molecule has 154 valence electrons. The zero-order valence-electron chi connectivity index (χ0n) is 17.1. The number of nitrogens with zero attached hydrogens (tertiary/aromatic N) is 2. The highest BCUT2D eigenvalue weighted by molar-refractivity contribution is 7.92. The van der Waals surface area contributed by atoms with Crippen molar-refractivity contribution in [3.05, 3.63) is 53.1 Å². The lowest BCUT2D eigenvalue weighted by Crippen LogP contribution is -2.34. The molecule has 1 N–H and O–H groups in total. The average molecular weight is 414 g/mol. The van der Waals surface area contributed by atoms with E-state index in [0.717, 1.165) is 29.9 Å². The SMILES string of the molecule is Cc1cc(NC(=O)c2ccc3c(c2)CC(C)N3S(C)(=O)=O)ccc1N1CCCC1. The molecule has 2 heterocycles. The molecule has 1 unspecified atom stereocenters. The molecule has 1 fully saturated rings. The van der Waals surface area contributed by atoms with E-state index in [0.29, 0.717) is 17.7 Å². The van der Waals surface area contributed by atoms with E-state index in [-0.39, 0.29) is 11.9 Å². The van der Waals surface area contributed by atoms with Gasteiger partial charge in [0.1, 0.15) is 0 Å². The first kappa shape index (κ1) is 19.8. The quantitative estimate of drug-likeness (QED) is 0.832. The molecule has 1 saturated heterocycles. The van der Waals surface area contributed by atoms with Crippen LogP contribution in [-0.2, 0) is 16.4 Å². The van der Waals surface area contributed by atoms with Crippen LogP contribution in [0, 0.1) is 6.92 Å². The number of amides is 1. The van der Waals surface area contributed by atoms with Crippen molar-refractivity contribution in [3.63, 3.8) is 0 Å². The molecule has 29 heavy (non-hydrogen) atoms. The normalized spacial score (nSPS) is 18.8. The third-order valence-electron chi connectivity index (χ3n) is 5.75. The summed E-state index contributed by atoms with van der Waals surface area (Å²) in [5.41, 5.74) is 5.23. The number of fused-ring (bicyclic) bond motifs is 1. The molecule has 7 heteroatoms. The third kappa shape index (κ3) is 3.83. The molecule has 0 radical (unpaired) electrons. The van der Waals surface area contributed by atoms with Crippen LogP contribution in [0.25, 0.3) is 0 Å². The Kier molecular flexibility index (Phi) is 5.02. The summed E-state index contributed by atoms with van der Waals surface area (Å²) in [5.74, 6) is -0.188. The second kappa shape index (κ2) is 7.37. The molecule has 0 saturated carbocycles. The number of hydrogen-bond acceptors (Lipinski definition) is 4. The van der Waals surface area contributed by atoms with Crippen LogP contribution in [0.15, 0.2) is 36.4 Å². The van der Waals surface area contributed by atoms with E-state index < -0.39 is 10.0 Å². The van der Waals surface area contributed by atoms with Crippen molar-refractivity contribution in [2.24, 2.45) is 0 Å². The number of anilines is 3. The summed E-state index contributed by atoms with van der Waals surface area (Å²) in [6.07, 6.45) is 4.28. The maximum atomic E-state index is 12.8. The van der Waals surface area contributed by atoms with Gasteiger partial charge >= 0.3 is 0 Å². The summed E-state index contributed by atoms with van der Waals surface area (Å²) in [6.45, 7) is 6.13. The number of carbonyl (C=O) groups is 1. The molecule has 2 aromatic carbocycles. The van der Waals surface area contributed by atoms with Crippen molar-refractivity contribution in [1.82, 2.24) is 0 Å². The second-order valence-electron chi connectivity index (χ2n) is 8.10. The van der Waals surface area contributed by atoms with Crippen molar-refractivity contribution in [2.75, 3.05) is 33.9 Å². The molecule has 1 atom stereocenters. The number of hydrogen-bond donors (Lipinski definition) is 1. The van der Waals surface area contributed by atoms with Gasteiger partial charge in [-0.2, -0.15) is 0 Å². The van der Waals surface area contributed by atoms with E-state index in [9.17, 15) is 13.2 Å². The van der Waals surface area contributed by atoms with Crippen LogP contribution in [0.2, 0.25) is 0 Å². The molecule has 0 spiro atoms. The van der Waals surface area contributed by atoms with Gasteiger partial charge in [0.15, 0.2) is 0 Å². The zero-order valence-corrected chi connectivity index (χ0v) is 17.9. The van der Waals surface area contributed by atoms with Gasteiger partial charge in [0.2, 0.25) is 10.0 Å². The van der Waals surface area contributed by atoms with Gasteiger partial charge in [-0.15, -0.1) is 0 Å². The van der Waals surface area contributed by atoms with Crippen LogP contribution in [0.4, 0.5) is 17.1 Å². The van der Waals surface area contributed by atoms with Crippen LogP contribution in [0.3, 0.4) is 0 Å². The van der Waals surface area contributed by atoms with Gasteiger partial charge in [0, 0.05) is 36.1 Å². The van der Waals surface area contributed by atoms with Crippen LogP contribution in [0.1, 0.15) is 41.3 Å². The molecule has 2 aromatic rings. The smallest absolute Gasteiger partial charge is 0.255 e. The first-order valence-corrected chi connectivity index (χ1v) is 11.9. The lowest BCUT2D eigenvalue weighted by Gasteiger charge is -2.22. The van der Waals surface area contributed by atoms with Gasteiger partial charge < -0.3 is 10.2 Å². The Bertz CT molecular complexity index is 1060. The number of nitrogens with one attached hydrogen (secondary N) is 1. The van der Waals surface area contributed by atoms with Crippen LogP contribution in [0.5, 0.6) is 0 Å². The van der Waals surface area contributed by atoms with Crippen LogP contribution >= 0.6 is 0 Å². The van der Waals surface area contributed by atoms with E-state index in [2.05, 4.69) is 23.2 Å². The number of carbonyl (C=O) groups excluding carboxylic acids is 1. The monoisotopic (exact) mass is 413 g/mol. The fraction of sp³-hybridized carbons (Fsp3) is 0.409. The highest BCUT2D eigenvalue weighted by Gasteiger charge is 2.32. The molecule has 2 aliphatic rings. The van der Waals surface area contributed by atoms with Gasteiger partial charge in [-0.05, 0) is 80.6 Å². The van der Waals surface area contributed by atoms with E-state index in [1.807, 2.05) is 19.1 Å². The maximum absolute atomic E-state index is 12.8. The minimum Gasteiger partial charge on any atom is -0.371 e. The molecule has 1 amide bonds. The van der Waals surface area contributed by atoms with Crippen LogP contribution in [-0.4, -0.2) is 39.7 Å². The second-order valence-corrected chi connectivity index (χ2v) is 9.96. The topological polar surface area (TPSA) is 69.7 Å². The summed E-state index contributed by atoms with van der Waals surface area (Å²) in [6, 6.07) is 11.1. The van der Waals surface area contributed by atoms with E-state index in [1.54, 1.807) is 18.2 Å². The molecular formula is C22H27N3O3S. The maximum Gasteiger partial charge on any atom is 0.255 e. The predicted molar refractivity (Wildman–Crippen MR) is 118 cm³/mol. The lowest BCUT2D eigenvalue weighted by atomic mass is 10.1. The average Bonchev–Trinajstić information content (AvgIpc) is 3.27. The molecule has 6 nitrogen and oxygen atoms in total. The van der Waals surface area contributed by atoms with Crippen molar-refractivity contribution >= 4 is 33.0 Å². The Labute approximate surface area is 172 Å².